The van der Waals surface area contributed by atoms with Crippen LogP contribution in [-0.4, -0.2) is 9.78 Å². The van der Waals surface area contributed by atoms with Crippen molar-refractivity contribution in [3.05, 3.63) is 58.5 Å². The van der Waals surface area contributed by atoms with Crippen LogP contribution in [0.3, 0.4) is 0 Å². The summed E-state index contributed by atoms with van der Waals surface area (Å²) < 4.78 is 6.58. The van der Waals surface area contributed by atoms with Crippen molar-refractivity contribution in [3.8, 4) is 0 Å². The van der Waals surface area contributed by atoms with Crippen LogP contribution < -0.4 is 11.3 Å². The number of nitrogens with two attached hydrogens (primary N) is 1. The molecule has 17 heavy (non-hydrogen) atoms. The molecule has 2 rings (SSSR count). The molecule has 2 N–H and O–H groups in total. The van der Waals surface area contributed by atoms with Gasteiger partial charge in [-0.05, 0) is 11.6 Å². The van der Waals surface area contributed by atoms with E-state index in [0.29, 0.717) is 6.61 Å². The molecule has 0 radical (unpaired) electrons. The Morgan fingerprint density at radius 3 is 2.76 bits per heavy atom. The molecule has 1 aromatic heterocycles. The summed E-state index contributed by atoms with van der Waals surface area (Å²) in [5.74, 6) is 0. The monoisotopic (exact) mass is 231 g/mol. The van der Waals surface area contributed by atoms with Gasteiger partial charge in [0.05, 0.1) is 6.61 Å². The Kier molecular flexibility index (Phi) is 3.52. The predicted molar refractivity (Wildman–Crippen MR) is 64.1 cm³/mol. The molecular formula is C12H13N3O2. The number of benzene rings is 1. The average molecular weight is 231 g/mol. The zero-order valence-corrected chi connectivity index (χ0v) is 9.24. The summed E-state index contributed by atoms with van der Waals surface area (Å²) in [5, 5.41) is 3.87. The Hall–Kier alpha value is -2.14. The van der Waals surface area contributed by atoms with E-state index in [1.54, 1.807) is 0 Å². The molecule has 88 valence electrons. The Balaban J connectivity index is 1.95. The minimum atomic E-state index is -0.333. The molecule has 0 atom stereocenters. The van der Waals surface area contributed by atoms with E-state index in [1.807, 2.05) is 30.3 Å². The first-order valence-electron chi connectivity index (χ1n) is 5.20. The van der Waals surface area contributed by atoms with Gasteiger partial charge in [-0.15, -0.1) is 0 Å². The van der Waals surface area contributed by atoms with Gasteiger partial charge in [-0.1, -0.05) is 30.3 Å². The van der Waals surface area contributed by atoms with Gasteiger partial charge in [0.15, 0.2) is 0 Å². The molecule has 0 bridgehead atoms. The van der Waals surface area contributed by atoms with E-state index >= 15 is 0 Å². The van der Waals surface area contributed by atoms with Crippen molar-refractivity contribution in [1.29, 1.82) is 0 Å². The molecule has 0 saturated carbocycles. The number of aromatic nitrogens is 2. The quantitative estimate of drug-likeness (QED) is 0.852. The van der Waals surface area contributed by atoms with E-state index < -0.39 is 0 Å². The minimum Gasteiger partial charge on any atom is -0.394 e. The maximum atomic E-state index is 11.5. The predicted octanol–water partition coefficient (Wildman–Crippen LogP) is 1.000. The van der Waals surface area contributed by atoms with Crippen LogP contribution in [0.15, 0.2) is 47.4 Å². The number of hydrogen-bond donors (Lipinski definition) is 1. The van der Waals surface area contributed by atoms with E-state index in [9.17, 15) is 4.79 Å². The lowest BCUT2D eigenvalue weighted by molar-refractivity contribution is 0.0530. The topological polar surface area (TPSA) is 70.1 Å². The van der Waals surface area contributed by atoms with E-state index in [0.717, 1.165) is 5.56 Å². The largest absolute Gasteiger partial charge is 0.394 e. The highest BCUT2D eigenvalue weighted by atomic mass is 16.5. The summed E-state index contributed by atoms with van der Waals surface area (Å²) in [6.45, 7) is 0.530. The van der Waals surface area contributed by atoms with E-state index in [2.05, 4.69) is 5.10 Å². The third kappa shape index (κ3) is 2.92. The van der Waals surface area contributed by atoms with E-state index in [4.69, 9.17) is 10.5 Å². The highest BCUT2D eigenvalue weighted by Gasteiger charge is 2.00. The Morgan fingerprint density at radius 1 is 1.24 bits per heavy atom. The van der Waals surface area contributed by atoms with Gasteiger partial charge in [-0.3, -0.25) is 4.79 Å². The van der Waals surface area contributed by atoms with Gasteiger partial charge in [0.2, 0.25) is 0 Å². The molecule has 1 heterocycles. The fourth-order valence-electron chi connectivity index (χ4n) is 1.38. The van der Waals surface area contributed by atoms with Gasteiger partial charge in [0.1, 0.15) is 12.4 Å². The Morgan fingerprint density at radius 2 is 2.00 bits per heavy atom. The molecule has 0 aliphatic carbocycles. The first-order chi connectivity index (χ1) is 8.27. The molecule has 0 aliphatic heterocycles. The highest BCUT2D eigenvalue weighted by molar-refractivity contribution is 5.31. The number of anilines is 1. The number of ether oxygens (including phenoxy) is 1. The summed E-state index contributed by atoms with van der Waals surface area (Å²) in [5.41, 5.74) is 6.36. The normalized spacial score (nSPS) is 10.4. The summed E-state index contributed by atoms with van der Waals surface area (Å²) >= 11 is 0. The van der Waals surface area contributed by atoms with Crippen molar-refractivity contribution < 1.29 is 4.74 Å². The van der Waals surface area contributed by atoms with Crippen molar-refractivity contribution >= 4 is 5.69 Å². The second-order valence-corrected chi connectivity index (χ2v) is 3.55. The van der Waals surface area contributed by atoms with Crippen LogP contribution >= 0.6 is 0 Å². The Labute approximate surface area is 98.5 Å². The molecule has 0 spiro atoms. The lowest BCUT2D eigenvalue weighted by atomic mass is 10.2. The van der Waals surface area contributed by atoms with Crippen molar-refractivity contribution in [1.82, 2.24) is 9.78 Å². The average Bonchev–Trinajstić information content (AvgIpc) is 2.36. The third-order valence-electron chi connectivity index (χ3n) is 2.27. The van der Waals surface area contributed by atoms with Crippen LogP contribution in [-0.2, 0) is 18.1 Å². The third-order valence-corrected chi connectivity index (χ3v) is 2.27. The van der Waals surface area contributed by atoms with Gasteiger partial charge < -0.3 is 10.5 Å². The number of nitrogens with zero attached hydrogens (tertiary/aromatic N) is 2. The van der Waals surface area contributed by atoms with Gasteiger partial charge >= 0.3 is 0 Å². The second kappa shape index (κ2) is 5.27. The summed E-state index contributed by atoms with van der Waals surface area (Å²) in [6.07, 6.45) is 1.47. The Bertz CT molecular complexity index is 537. The molecule has 0 unspecified atom stereocenters. The number of rotatable bonds is 4. The maximum Gasteiger partial charge on any atom is 0.292 e. The summed E-state index contributed by atoms with van der Waals surface area (Å²) in [6, 6.07) is 11.2. The van der Waals surface area contributed by atoms with Gasteiger partial charge in [0.25, 0.3) is 5.56 Å². The van der Waals surface area contributed by atoms with Crippen LogP contribution in [0.25, 0.3) is 0 Å². The first kappa shape index (κ1) is 11.3. The van der Waals surface area contributed by atoms with Gasteiger partial charge in [-0.2, -0.15) is 5.10 Å². The highest BCUT2D eigenvalue weighted by Crippen LogP contribution is 2.00. The van der Waals surface area contributed by atoms with Crippen LogP contribution in [0.2, 0.25) is 0 Å². The zero-order valence-electron chi connectivity index (χ0n) is 9.24. The SMILES string of the molecule is Nc1ccnn(COCc2ccccc2)c1=O. The standard InChI is InChI=1S/C12H13N3O2/c13-11-6-7-14-15(12(11)16)9-17-8-10-4-2-1-3-5-10/h1-7H,8-9,13H2. The molecular weight excluding hydrogens is 218 g/mol. The summed E-state index contributed by atoms with van der Waals surface area (Å²) in [4.78, 5) is 11.5. The minimum absolute atomic E-state index is 0.0960. The number of nitrogen functional groups attached to an aromatic ring is 1. The first-order valence-corrected chi connectivity index (χ1v) is 5.20. The molecule has 0 aliphatic rings. The molecule has 1 aromatic carbocycles. The van der Waals surface area contributed by atoms with Crippen molar-refractivity contribution in [2.24, 2.45) is 0 Å². The van der Waals surface area contributed by atoms with E-state index in [-0.39, 0.29) is 18.0 Å². The van der Waals surface area contributed by atoms with Crippen molar-refractivity contribution in [2.75, 3.05) is 5.73 Å². The molecule has 0 fully saturated rings. The van der Waals surface area contributed by atoms with Crippen LogP contribution in [0.1, 0.15) is 5.56 Å². The molecule has 5 heteroatoms. The second-order valence-electron chi connectivity index (χ2n) is 3.55. The van der Waals surface area contributed by atoms with Gasteiger partial charge in [-0.25, -0.2) is 4.68 Å². The lowest BCUT2D eigenvalue weighted by Gasteiger charge is -2.06. The molecule has 0 saturated heterocycles. The van der Waals surface area contributed by atoms with Crippen molar-refractivity contribution in [2.45, 2.75) is 13.3 Å². The lowest BCUT2D eigenvalue weighted by Crippen LogP contribution is -2.25. The fourth-order valence-corrected chi connectivity index (χ4v) is 1.38. The fraction of sp³-hybridized carbons (Fsp3) is 0.167. The maximum absolute atomic E-state index is 11.5. The zero-order chi connectivity index (χ0) is 12.1. The smallest absolute Gasteiger partial charge is 0.292 e. The van der Waals surface area contributed by atoms with Crippen LogP contribution in [0.4, 0.5) is 5.69 Å². The number of hydrogen-bond acceptors (Lipinski definition) is 4. The molecule has 0 amide bonds. The van der Waals surface area contributed by atoms with Crippen molar-refractivity contribution in [3.63, 3.8) is 0 Å². The summed E-state index contributed by atoms with van der Waals surface area (Å²) in [7, 11) is 0. The molecule has 2 aromatic rings. The van der Waals surface area contributed by atoms with E-state index in [1.165, 1.54) is 16.9 Å². The van der Waals surface area contributed by atoms with Crippen LogP contribution in [0, 0.1) is 0 Å². The van der Waals surface area contributed by atoms with Gasteiger partial charge in [0, 0.05) is 6.20 Å². The van der Waals surface area contributed by atoms with Crippen LogP contribution in [0.5, 0.6) is 0 Å². The molecule has 5 nitrogen and oxygen atoms in total.